The molecule has 0 aromatic heterocycles. The number of amides is 1. The Morgan fingerprint density at radius 2 is 2.25 bits per heavy atom. The highest BCUT2D eigenvalue weighted by molar-refractivity contribution is 5.94. The van der Waals surface area contributed by atoms with Crippen molar-refractivity contribution in [1.29, 1.82) is 0 Å². The second-order valence-corrected chi connectivity index (χ2v) is 4.04. The minimum Gasteiger partial charge on any atom is -0.316 e. The van der Waals surface area contributed by atoms with Gasteiger partial charge in [-0.15, -0.1) is 0 Å². The summed E-state index contributed by atoms with van der Waals surface area (Å²) in [5.74, 6) is -0.399. The molecule has 0 spiro atoms. The highest BCUT2D eigenvalue weighted by Gasteiger charge is 2.26. The summed E-state index contributed by atoms with van der Waals surface area (Å²) in [6.07, 6.45) is 0.831. The monoisotopic (exact) mass is 222 g/mol. The summed E-state index contributed by atoms with van der Waals surface area (Å²) in [6.45, 7) is 1.55. The maximum absolute atomic E-state index is 13.5. The van der Waals surface area contributed by atoms with Crippen LogP contribution in [0.2, 0.25) is 0 Å². The van der Waals surface area contributed by atoms with Gasteiger partial charge < -0.3 is 10.2 Å². The first-order chi connectivity index (χ1) is 7.70. The van der Waals surface area contributed by atoms with Gasteiger partial charge >= 0.3 is 0 Å². The maximum atomic E-state index is 13.5. The van der Waals surface area contributed by atoms with Gasteiger partial charge in [0, 0.05) is 13.6 Å². The van der Waals surface area contributed by atoms with Crippen LogP contribution in [0.5, 0.6) is 0 Å². The summed E-state index contributed by atoms with van der Waals surface area (Å²) in [7, 11) is 1.62. The number of carbonyl (C=O) groups is 1. The quantitative estimate of drug-likeness (QED) is 0.820. The largest absolute Gasteiger partial charge is 0.316 e. The van der Waals surface area contributed by atoms with E-state index < -0.39 is 0 Å². The fourth-order valence-electron chi connectivity index (χ4n) is 1.98. The number of anilines is 1. The topological polar surface area (TPSA) is 32.3 Å². The minimum atomic E-state index is -0.357. The molecule has 1 amide bonds. The lowest BCUT2D eigenvalue weighted by atomic mass is 10.1. The van der Waals surface area contributed by atoms with E-state index in [-0.39, 0.29) is 17.6 Å². The normalized spacial score (nSPS) is 19.8. The average molecular weight is 222 g/mol. The van der Waals surface area contributed by atoms with Crippen LogP contribution in [0.1, 0.15) is 6.42 Å². The Labute approximate surface area is 94.3 Å². The van der Waals surface area contributed by atoms with Crippen LogP contribution in [-0.4, -0.2) is 26.0 Å². The van der Waals surface area contributed by atoms with Crippen LogP contribution < -0.4 is 10.2 Å². The van der Waals surface area contributed by atoms with Crippen molar-refractivity contribution in [3.63, 3.8) is 0 Å². The van der Waals surface area contributed by atoms with E-state index in [9.17, 15) is 9.18 Å². The molecule has 2 rings (SSSR count). The molecule has 1 unspecified atom stereocenters. The predicted molar refractivity (Wildman–Crippen MR) is 60.8 cm³/mol. The fraction of sp³-hybridized carbons (Fsp3) is 0.417. The maximum Gasteiger partial charge on any atom is 0.231 e. The first-order valence-corrected chi connectivity index (χ1v) is 5.43. The molecule has 1 aromatic rings. The first kappa shape index (κ1) is 11.1. The number of carbonyl (C=O) groups excluding carboxylic acids is 1. The van der Waals surface area contributed by atoms with Crippen LogP contribution in [0.25, 0.3) is 0 Å². The molecular weight excluding hydrogens is 207 g/mol. The third kappa shape index (κ3) is 2.07. The molecule has 0 saturated carbocycles. The van der Waals surface area contributed by atoms with Gasteiger partial charge in [0.25, 0.3) is 0 Å². The second kappa shape index (κ2) is 4.61. The Morgan fingerprint density at radius 1 is 1.50 bits per heavy atom. The first-order valence-electron chi connectivity index (χ1n) is 5.43. The molecule has 1 aliphatic heterocycles. The van der Waals surface area contributed by atoms with Gasteiger partial charge in [0.1, 0.15) is 5.82 Å². The van der Waals surface area contributed by atoms with Crippen molar-refractivity contribution in [2.24, 2.45) is 5.92 Å². The van der Waals surface area contributed by atoms with Crippen molar-refractivity contribution in [3.05, 3.63) is 30.1 Å². The molecule has 1 heterocycles. The molecule has 1 aromatic carbocycles. The SMILES string of the molecule is CN(C(=O)C1CCNC1)c1ccccc1F. The number of hydrogen-bond donors (Lipinski definition) is 1. The molecular formula is C12H15FN2O. The Bertz CT molecular complexity index is 388. The third-order valence-electron chi connectivity index (χ3n) is 2.95. The Morgan fingerprint density at radius 3 is 2.88 bits per heavy atom. The van der Waals surface area contributed by atoms with E-state index in [1.165, 1.54) is 11.0 Å². The number of nitrogens with one attached hydrogen (secondary N) is 1. The average Bonchev–Trinajstić information content (AvgIpc) is 2.81. The Hall–Kier alpha value is -1.42. The summed E-state index contributed by atoms with van der Waals surface area (Å²) >= 11 is 0. The lowest BCUT2D eigenvalue weighted by Crippen LogP contribution is -2.34. The number of para-hydroxylation sites is 1. The smallest absolute Gasteiger partial charge is 0.231 e. The van der Waals surface area contributed by atoms with E-state index in [4.69, 9.17) is 0 Å². The summed E-state index contributed by atoms with van der Waals surface area (Å²) in [6, 6.07) is 6.34. The van der Waals surface area contributed by atoms with Crippen LogP contribution in [0, 0.1) is 11.7 Å². The summed E-state index contributed by atoms with van der Waals surface area (Å²) in [5, 5.41) is 3.13. The highest BCUT2D eigenvalue weighted by atomic mass is 19.1. The number of rotatable bonds is 2. The number of benzene rings is 1. The van der Waals surface area contributed by atoms with E-state index in [0.29, 0.717) is 12.2 Å². The molecule has 1 atom stereocenters. The Balaban J connectivity index is 2.15. The van der Waals surface area contributed by atoms with Crippen molar-refractivity contribution in [1.82, 2.24) is 5.32 Å². The zero-order valence-corrected chi connectivity index (χ0v) is 9.24. The van der Waals surface area contributed by atoms with Crippen molar-refractivity contribution in [3.8, 4) is 0 Å². The molecule has 0 radical (unpaired) electrons. The number of hydrogen-bond acceptors (Lipinski definition) is 2. The molecule has 86 valence electrons. The molecule has 1 N–H and O–H groups in total. The number of nitrogens with zero attached hydrogens (tertiary/aromatic N) is 1. The van der Waals surface area contributed by atoms with Crippen LogP contribution in [0.15, 0.2) is 24.3 Å². The van der Waals surface area contributed by atoms with Gasteiger partial charge in [0.15, 0.2) is 0 Å². The van der Waals surface area contributed by atoms with Gasteiger partial charge in [-0.2, -0.15) is 0 Å². The van der Waals surface area contributed by atoms with E-state index in [0.717, 1.165) is 13.0 Å². The van der Waals surface area contributed by atoms with Gasteiger partial charge in [0.2, 0.25) is 5.91 Å². The van der Waals surface area contributed by atoms with Gasteiger partial charge in [-0.25, -0.2) is 4.39 Å². The zero-order valence-electron chi connectivity index (χ0n) is 9.24. The molecule has 3 nitrogen and oxygen atoms in total. The molecule has 1 saturated heterocycles. The van der Waals surface area contributed by atoms with Crippen LogP contribution in [-0.2, 0) is 4.79 Å². The van der Waals surface area contributed by atoms with Crippen molar-refractivity contribution < 1.29 is 9.18 Å². The van der Waals surface area contributed by atoms with E-state index in [1.54, 1.807) is 25.2 Å². The Kier molecular flexibility index (Phi) is 3.19. The fourth-order valence-corrected chi connectivity index (χ4v) is 1.98. The molecule has 0 aliphatic carbocycles. The molecule has 0 bridgehead atoms. The van der Waals surface area contributed by atoms with E-state index in [1.807, 2.05) is 0 Å². The predicted octanol–water partition coefficient (Wildman–Crippen LogP) is 1.40. The molecule has 1 fully saturated rings. The van der Waals surface area contributed by atoms with Gasteiger partial charge in [-0.05, 0) is 25.1 Å². The molecule has 4 heteroatoms. The molecule has 16 heavy (non-hydrogen) atoms. The van der Waals surface area contributed by atoms with Crippen LogP contribution >= 0.6 is 0 Å². The lowest BCUT2D eigenvalue weighted by Gasteiger charge is -2.21. The highest BCUT2D eigenvalue weighted by Crippen LogP contribution is 2.20. The standard InChI is InChI=1S/C12H15FN2O/c1-15(11-5-3-2-4-10(11)13)12(16)9-6-7-14-8-9/h2-5,9,14H,6-8H2,1H3. The van der Waals surface area contributed by atoms with Gasteiger partial charge in [-0.3, -0.25) is 4.79 Å². The molecule has 1 aliphatic rings. The van der Waals surface area contributed by atoms with E-state index >= 15 is 0 Å². The minimum absolute atomic E-state index is 0.0184. The lowest BCUT2D eigenvalue weighted by molar-refractivity contribution is -0.121. The summed E-state index contributed by atoms with van der Waals surface area (Å²) in [5.41, 5.74) is 0.347. The van der Waals surface area contributed by atoms with Crippen LogP contribution in [0.4, 0.5) is 10.1 Å². The number of halogens is 1. The van der Waals surface area contributed by atoms with Gasteiger partial charge in [-0.1, -0.05) is 12.1 Å². The van der Waals surface area contributed by atoms with Crippen molar-refractivity contribution >= 4 is 11.6 Å². The summed E-state index contributed by atoms with van der Waals surface area (Å²) in [4.78, 5) is 13.4. The van der Waals surface area contributed by atoms with Crippen molar-refractivity contribution in [2.45, 2.75) is 6.42 Å². The third-order valence-corrected chi connectivity index (χ3v) is 2.95. The second-order valence-electron chi connectivity index (χ2n) is 4.04. The van der Waals surface area contributed by atoms with Crippen molar-refractivity contribution in [2.75, 3.05) is 25.0 Å². The van der Waals surface area contributed by atoms with E-state index in [2.05, 4.69) is 5.32 Å². The van der Waals surface area contributed by atoms with Gasteiger partial charge in [0.05, 0.1) is 11.6 Å². The zero-order chi connectivity index (χ0) is 11.5. The summed E-state index contributed by atoms with van der Waals surface area (Å²) < 4.78 is 13.5. The van der Waals surface area contributed by atoms with Crippen LogP contribution in [0.3, 0.4) is 0 Å².